The van der Waals surface area contributed by atoms with Crippen LogP contribution >= 0.6 is 0 Å². The average Bonchev–Trinajstić information content (AvgIpc) is 3.64. The molecule has 1 spiro atoms. The highest BCUT2D eigenvalue weighted by Gasteiger charge is 2.41. The molecule has 0 radical (unpaired) electrons. The first-order valence-electron chi connectivity index (χ1n) is 13.7. The minimum Gasteiger partial charge on any atom is -0.373 e. The first kappa shape index (κ1) is 24.2. The van der Waals surface area contributed by atoms with Crippen LogP contribution in [0.1, 0.15) is 55.5 Å². The van der Waals surface area contributed by atoms with E-state index >= 15 is 0 Å². The SMILES string of the molecule is O=C(Cn1c2c(c3ccccc31)CCC2)N1CCC2(CCCCn3cc(nn3)COCCNC2=O)CC1. The zero-order chi connectivity index (χ0) is 25.2. The highest BCUT2D eigenvalue weighted by Crippen LogP contribution is 2.38. The number of carbonyl (C=O) groups is 2. The van der Waals surface area contributed by atoms with E-state index in [2.05, 4.69) is 44.5 Å². The molecule has 1 fully saturated rings. The van der Waals surface area contributed by atoms with E-state index in [0.717, 1.165) is 50.8 Å². The molecule has 3 aromatic rings. The number of nitrogens with one attached hydrogen (secondary N) is 1. The number of aryl methyl sites for hydroxylation is 2. The Morgan fingerprint density at radius 3 is 2.81 bits per heavy atom. The zero-order valence-corrected chi connectivity index (χ0v) is 21.5. The van der Waals surface area contributed by atoms with Crippen LogP contribution in [0.25, 0.3) is 10.9 Å². The number of benzene rings is 1. The van der Waals surface area contributed by atoms with E-state index in [0.29, 0.717) is 52.2 Å². The average molecular weight is 505 g/mol. The summed E-state index contributed by atoms with van der Waals surface area (Å²) < 4.78 is 9.78. The number of para-hydroxylation sites is 1. The molecule has 1 saturated heterocycles. The maximum absolute atomic E-state index is 13.5. The van der Waals surface area contributed by atoms with Crippen molar-refractivity contribution in [2.45, 2.75) is 71.1 Å². The Morgan fingerprint density at radius 1 is 1.05 bits per heavy atom. The third-order valence-corrected chi connectivity index (χ3v) is 8.54. The lowest BCUT2D eigenvalue weighted by Gasteiger charge is -2.41. The number of carbonyl (C=O) groups excluding carboxylic acids is 2. The van der Waals surface area contributed by atoms with Crippen molar-refractivity contribution in [3.05, 3.63) is 47.4 Å². The van der Waals surface area contributed by atoms with E-state index in [4.69, 9.17) is 4.74 Å². The molecule has 1 N–H and O–H groups in total. The number of piperidine rings is 1. The summed E-state index contributed by atoms with van der Waals surface area (Å²) in [6.45, 7) is 3.72. The van der Waals surface area contributed by atoms with Crippen molar-refractivity contribution in [3.8, 4) is 0 Å². The second-order valence-electron chi connectivity index (χ2n) is 10.8. The number of hydrogen-bond acceptors (Lipinski definition) is 5. The lowest BCUT2D eigenvalue weighted by Crippen LogP contribution is -2.51. The van der Waals surface area contributed by atoms with Gasteiger partial charge in [0.1, 0.15) is 12.2 Å². The van der Waals surface area contributed by atoms with Crippen LogP contribution in [0.4, 0.5) is 0 Å². The van der Waals surface area contributed by atoms with Crippen LogP contribution in [0.15, 0.2) is 30.5 Å². The van der Waals surface area contributed by atoms with Gasteiger partial charge in [-0.05, 0) is 56.6 Å². The molecular weight excluding hydrogens is 468 g/mol. The fourth-order valence-corrected chi connectivity index (χ4v) is 6.47. The summed E-state index contributed by atoms with van der Waals surface area (Å²) in [5.41, 5.74) is 4.30. The summed E-state index contributed by atoms with van der Waals surface area (Å²) in [7, 11) is 0. The molecule has 6 rings (SSSR count). The van der Waals surface area contributed by atoms with Gasteiger partial charge in [-0.1, -0.05) is 29.8 Å². The first-order valence-corrected chi connectivity index (χ1v) is 13.7. The van der Waals surface area contributed by atoms with Gasteiger partial charge >= 0.3 is 0 Å². The molecule has 0 saturated carbocycles. The number of aromatic nitrogens is 4. The van der Waals surface area contributed by atoms with Gasteiger partial charge in [-0.2, -0.15) is 0 Å². The fourth-order valence-electron chi connectivity index (χ4n) is 6.47. The number of ether oxygens (including phenoxy) is 1. The summed E-state index contributed by atoms with van der Waals surface area (Å²) in [5.74, 6) is 0.258. The van der Waals surface area contributed by atoms with E-state index in [1.54, 1.807) is 0 Å². The van der Waals surface area contributed by atoms with Crippen LogP contribution in [0, 0.1) is 5.41 Å². The highest BCUT2D eigenvalue weighted by atomic mass is 16.5. The second kappa shape index (κ2) is 10.3. The van der Waals surface area contributed by atoms with Crippen LogP contribution in [0.2, 0.25) is 0 Å². The summed E-state index contributed by atoms with van der Waals surface area (Å²) in [5, 5.41) is 12.7. The largest absolute Gasteiger partial charge is 0.373 e. The number of nitrogens with zero attached hydrogens (tertiary/aromatic N) is 5. The summed E-state index contributed by atoms with van der Waals surface area (Å²) in [6, 6.07) is 8.46. The van der Waals surface area contributed by atoms with Gasteiger partial charge in [0.05, 0.1) is 24.8 Å². The van der Waals surface area contributed by atoms with Crippen molar-refractivity contribution < 1.29 is 14.3 Å². The van der Waals surface area contributed by atoms with E-state index in [1.807, 2.05) is 15.8 Å². The van der Waals surface area contributed by atoms with Crippen LogP contribution in [-0.2, 0) is 46.9 Å². The minimum atomic E-state index is -0.435. The Hall–Kier alpha value is -3.20. The minimum absolute atomic E-state index is 0.103. The van der Waals surface area contributed by atoms with Gasteiger partial charge in [0.25, 0.3) is 0 Å². The Morgan fingerprint density at radius 2 is 1.92 bits per heavy atom. The molecule has 1 aromatic carbocycles. The van der Waals surface area contributed by atoms with E-state index < -0.39 is 5.41 Å². The number of hydrogen-bond donors (Lipinski definition) is 1. The van der Waals surface area contributed by atoms with Crippen molar-refractivity contribution in [1.82, 2.24) is 29.8 Å². The number of amides is 2. The number of rotatable bonds is 2. The van der Waals surface area contributed by atoms with Gasteiger partial charge < -0.3 is 19.5 Å². The van der Waals surface area contributed by atoms with Gasteiger partial charge in [-0.15, -0.1) is 5.10 Å². The Kier molecular flexibility index (Phi) is 6.71. The summed E-state index contributed by atoms with van der Waals surface area (Å²) in [6.07, 6.45) is 9.33. The molecule has 2 amide bonds. The van der Waals surface area contributed by atoms with Crippen LogP contribution < -0.4 is 5.32 Å². The molecule has 196 valence electrons. The number of likely N-dealkylation sites (tertiary alicyclic amines) is 1. The van der Waals surface area contributed by atoms with E-state index in [-0.39, 0.29) is 11.8 Å². The Balaban J connectivity index is 1.12. The molecule has 0 atom stereocenters. The molecule has 2 aromatic heterocycles. The van der Waals surface area contributed by atoms with Crippen molar-refractivity contribution in [3.63, 3.8) is 0 Å². The molecule has 4 heterocycles. The molecule has 3 aliphatic rings. The van der Waals surface area contributed by atoms with Crippen molar-refractivity contribution in [2.24, 2.45) is 5.41 Å². The normalized spacial score (nSPS) is 20.5. The van der Waals surface area contributed by atoms with Crippen molar-refractivity contribution in [1.29, 1.82) is 0 Å². The van der Waals surface area contributed by atoms with Gasteiger partial charge in [0.2, 0.25) is 11.8 Å². The second-order valence-corrected chi connectivity index (χ2v) is 10.8. The molecule has 9 nitrogen and oxygen atoms in total. The summed E-state index contributed by atoms with van der Waals surface area (Å²) >= 11 is 0. The Bertz CT molecular complexity index is 1290. The van der Waals surface area contributed by atoms with E-state index in [1.165, 1.54) is 22.2 Å². The van der Waals surface area contributed by atoms with Gasteiger partial charge in [0, 0.05) is 42.8 Å². The van der Waals surface area contributed by atoms with Gasteiger partial charge in [-0.3, -0.25) is 14.3 Å². The van der Waals surface area contributed by atoms with Crippen LogP contribution in [-0.4, -0.2) is 62.5 Å². The summed E-state index contributed by atoms with van der Waals surface area (Å²) in [4.78, 5) is 28.8. The highest BCUT2D eigenvalue weighted by molar-refractivity contribution is 5.88. The molecule has 2 aliphatic heterocycles. The predicted octanol–water partition coefficient (Wildman–Crippen LogP) is 2.85. The van der Waals surface area contributed by atoms with Crippen molar-refractivity contribution in [2.75, 3.05) is 26.2 Å². The molecule has 9 heteroatoms. The zero-order valence-electron chi connectivity index (χ0n) is 21.5. The monoisotopic (exact) mass is 504 g/mol. The molecule has 2 bridgehead atoms. The predicted molar refractivity (Wildman–Crippen MR) is 139 cm³/mol. The molecule has 1 aliphatic carbocycles. The number of fused-ring (bicyclic) bond motifs is 5. The maximum atomic E-state index is 13.5. The maximum Gasteiger partial charge on any atom is 0.242 e. The van der Waals surface area contributed by atoms with Gasteiger partial charge in [-0.25, -0.2) is 0 Å². The third kappa shape index (κ3) is 4.77. The van der Waals surface area contributed by atoms with Crippen molar-refractivity contribution >= 4 is 22.7 Å². The lowest BCUT2D eigenvalue weighted by molar-refractivity contribution is -0.141. The third-order valence-electron chi connectivity index (χ3n) is 8.54. The standard InChI is InChI=1S/C28H36N6O3/c35-26(19-34-24-8-2-1-6-22(24)23-7-5-9-25(23)34)32-15-11-28(12-16-32)10-3-4-14-33-18-21(30-31-33)20-37-17-13-29-27(28)36/h1-2,6,8,18H,3-5,7,9-17,19-20H2,(H,29,36). The smallest absolute Gasteiger partial charge is 0.242 e. The first-order chi connectivity index (χ1) is 18.1. The molecule has 37 heavy (non-hydrogen) atoms. The van der Waals surface area contributed by atoms with Crippen LogP contribution in [0.3, 0.4) is 0 Å². The van der Waals surface area contributed by atoms with E-state index in [9.17, 15) is 9.59 Å². The van der Waals surface area contributed by atoms with Gasteiger partial charge in [0.15, 0.2) is 0 Å². The van der Waals surface area contributed by atoms with Crippen LogP contribution in [0.5, 0.6) is 0 Å². The lowest BCUT2D eigenvalue weighted by atomic mass is 9.73. The molecule has 0 unspecified atom stereocenters. The molecular formula is C28H36N6O3. The fraction of sp³-hybridized carbons (Fsp3) is 0.571. The Labute approximate surface area is 217 Å². The quantitative estimate of drug-likeness (QED) is 0.579. The topological polar surface area (TPSA) is 94.3 Å².